The highest BCUT2D eigenvalue weighted by Crippen LogP contribution is 2.46. The molecule has 6 heteroatoms. The lowest BCUT2D eigenvalue weighted by molar-refractivity contribution is 0.0657. The number of amides is 2. The molecule has 1 aliphatic carbocycles. The second-order valence-electron chi connectivity index (χ2n) is 7.67. The predicted octanol–water partition coefficient (Wildman–Crippen LogP) is 2.78. The summed E-state index contributed by atoms with van der Waals surface area (Å²) in [5.41, 5.74) is 1.20. The van der Waals surface area contributed by atoms with Gasteiger partial charge in [0.2, 0.25) is 0 Å². The van der Waals surface area contributed by atoms with Crippen LogP contribution in [0.2, 0.25) is 0 Å². The highest BCUT2D eigenvalue weighted by atomic mass is 16.2. The Hall–Kier alpha value is -2.47. The number of benzene rings is 1. The van der Waals surface area contributed by atoms with Crippen LogP contribution < -0.4 is 10.2 Å². The standard InChI is InChI=1S/C20H25N5O/c1-24(2)20(16-7-4-3-5-8-16)12-10-19(11-13-20)15-25(18(26)22-19)17-9-6-14-21-23-17/h3-9,14H,10-13,15H2,1-2H3,(H,22,26). The molecule has 0 radical (unpaired) electrons. The van der Waals surface area contributed by atoms with Crippen LogP contribution in [0.15, 0.2) is 48.7 Å². The minimum atomic E-state index is -0.178. The summed E-state index contributed by atoms with van der Waals surface area (Å²) in [5, 5.41) is 11.3. The maximum Gasteiger partial charge on any atom is 0.323 e. The second-order valence-corrected chi connectivity index (χ2v) is 7.67. The van der Waals surface area contributed by atoms with E-state index < -0.39 is 0 Å². The molecular formula is C20H25N5O. The molecule has 4 rings (SSSR count). The van der Waals surface area contributed by atoms with Crippen LogP contribution in [0.4, 0.5) is 10.6 Å². The molecule has 1 saturated carbocycles. The van der Waals surface area contributed by atoms with Gasteiger partial charge < -0.3 is 5.32 Å². The number of nitrogens with one attached hydrogen (secondary N) is 1. The molecule has 1 saturated heterocycles. The number of carbonyl (C=O) groups is 1. The van der Waals surface area contributed by atoms with Crippen molar-refractivity contribution in [3.05, 3.63) is 54.2 Å². The molecule has 136 valence electrons. The van der Waals surface area contributed by atoms with Gasteiger partial charge in [-0.1, -0.05) is 30.3 Å². The van der Waals surface area contributed by atoms with Gasteiger partial charge in [0.1, 0.15) is 0 Å². The molecule has 0 bridgehead atoms. The molecule has 1 aromatic heterocycles. The summed E-state index contributed by atoms with van der Waals surface area (Å²) in [5.74, 6) is 0.620. The Balaban J connectivity index is 1.55. The molecule has 6 nitrogen and oxygen atoms in total. The highest BCUT2D eigenvalue weighted by molar-refractivity contribution is 5.94. The van der Waals surface area contributed by atoms with E-state index in [2.05, 4.69) is 64.8 Å². The minimum Gasteiger partial charge on any atom is -0.330 e. The average Bonchev–Trinajstić information content (AvgIpc) is 3.00. The summed E-state index contributed by atoms with van der Waals surface area (Å²) in [6.07, 6.45) is 5.54. The van der Waals surface area contributed by atoms with Gasteiger partial charge in [-0.05, 0) is 57.5 Å². The zero-order valence-corrected chi connectivity index (χ0v) is 15.4. The molecule has 0 atom stereocenters. The van der Waals surface area contributed by atoms with Gasteiger partial charge in [0.25, 0.3) is 0 Å². The molecule has 2 aromatic rings. The van der Waals surface area contributed by atoms with Crippen molar-refractivity contribution in [1.82, 2.24) is 20.4 Å². The third-order valence-electron chi connectivity index (χ3n) is 6.11. The molecule has 26 heavy (non-hydrogen) atoms. The number of anilines is 1. The molecule has 2 aliphatic rings. The van der Waals surface area contributed by atoms with E-state index in [9.17, 15) is 4.79 Å². The van der Waals surface area contributed by atoms with Crippen LogP contribution in [0.1, 0.15) is 31.2 Å². The first kappa shape index (κ1) is 17.0. The highest BCUT2D eigenvalue weighted by Gasteiger charge is 2.50. The van der Waals surface area contributed by atoms with Gasteiger partial charge in [0.05, 0.1) is 12.1 Å². The first-order valence-electron chi connectivity index (χ1n) is 9.15. The lowest BCUT2D eigenvalue weighted by Gasteiger charge is -2.48. The fourth-order valence-electron chi connectivity index (χ4n) is 4.50. The average molecular weight is 351 g/mol. The summed E-state index contributed by atoms with van der Waals surface area (Å²) < 4.78 is 0. The van der Waals surface area contributed by atoms with Crippen molar-refractivity contribution in [1.29, 1.82) is 0 Å². The van der Waals surface area contributed by atoms with E-state index in [0.717, 1.165) is 25.7 Å². The van der Waals surface area contributed by atoms with Gasteiger partial charge in [-0.3, -0.25) is 9.80 Å². The molecule has 1 aliphatic heterocycles. The Bertz CT molecular complexity index is 769. The van der Waals surface area contributed by atoms with E-state index in [-0.39, 0.29) is 17.1 Å². The normalized spacial score (nSPS) is 28.6. The molecule has 2 amide bonds. The Morgan fingerprint density at radius 2 is 1.77 bits per heavy atom. The summed E-state index contributed by atoms with van der Waals surface area (Å²) in [6, 6.07) is 14.3. The fourth-order valence-corrected chi connectivity index (χ4v) is 4.50. The van der Waals surface area contributed by atoms with E-state index in [1.807, 2.05) is 12.1 Å². The van der Waals surface area contributed by atoms with Crippen molar-refractivity contribution in [3.63, 3.8) is 0 Å². The van der Waals surface area contributed by atoms with Crippen molar-refractivity contribution in [2.75, 3.05) is 25.5 Å². The molecule has 1 N–H and O–H groups in total. The number of carbonyl (C=O) groups excluding carboxylic acids is 1. The van der Waals surface area contributed by atoms with Crippen LogP contribution >= 0.6 is 0 Å². The zero-order chi connectivity index (χ0) is 18.2. The first-order chi connectivity index (χ1) is 12.5. The third kappa shape index (κ3) is 2.74. The first-order valence-corrected chi connectivity index (χ1v) is 9.15. The fraction of sp³-hybridized carbons (Fsp3) is 0.450. The van der Waals surface area contributed by atoms with Gasteiger partial charge in [-0.2, -0.15) is 5.10 Å². The minimum absolute atomic E-state index is 0.0250. The summed E-state index contributed by atoms with van der Waals surface area (Å²) in [7, 11) is 4.31. The predicted molar refractivity (Wildman–Crippen MR) is 101 cm³/mol. The number of hydrogen-bond donors (Lipinski definition) is 1. The number of urea groups is 1. The molecule has 2 heterocycles. The van der Waals surface area contributed by atoms with E-state index >= 15 is 0 Å². The van der Waals surface area contributed by atoms with E-state index in [1.165, 1.54) is 5.56 Å². The topological polar surface area (TPSA) is 61.4 Å². The van der Waals surface area contributed by atoms with E-state index in [0.29, 0.717) is 12.4 Å². The van der Waals surface area contributed by atoms with Crippen LogP contribution in [-0.2, 0) is 5.54 Å². The van der Waals surface area contributed by atoms with E-state index in [1.54, 1.807) is 11.1 Å². The van der Waals surface area contributed by atoms with Crippen LogP contribution in [0.5, 0.6) is 0 Å². The Morgan fingerprint density at radius 3 is 2.38 bits per heavy atom. The largest absolute Gasteiger partial charge is 0.330 e. The molecule has 1 spiro atoms. The SMILES string of the molecule is CN(C)C1(c2ccccc2)CCC2(CC1)CN(c1cccnn1)C(=O)N2. The quantitative estimate of drug-likeness (QED) is 0.924. The second kappa shape index (κ2) is 6.36. The zero-order valence-electron chi connectivity index (χ0n) is 15.4. The van der Waals surface area contributed by atoms with Crippen molar-refractivity contribution in [2.45, 2.75) is 36.8 Å². The summed E-state index contributed by atoms with van der Waals surface area (Å²) >= 11 is 0. The molecular weight excluding hydrogens is 326 g/mol. The van der Waals surface area contributed by atoms with Crippen molar-refractivity contribution < 1.29 is 4.79 Å². The van der Waals surface area contributed by atoms with Gasteiger partial charge in [0.15, 0.2) is 5.82 Å². The van der Waals surface area contributed by atoms with Gasteiger partial charge >= 0.3 is 6.03 Å². The smallest absolute Gasteiger partial charge is 0.323 e. The molecule has 2 fully saturated rings. The third-order valence-corrected chi connectivity index (χ3v) is 6.11. The number of hydrogen-bond acceptors (Lipinski definition) is 4. The Labute approximate surface area is 154 Å². The van der Waals surface area contributed by atoms with Crippen LogP contribution in [0.25, 0.3) is 0 Å². The lowest BCUT2D eigenvalue weighted by Crippen LogP contribution is -2.54. The number of nitrogens with zero attached hydrogens (tertiary/aromatic N) is 4. The van der Waals surface area contributed by atoms with Crippen LogP contribution in [0, 0.1) is 0 Å². The Kier molecular flexibility index (Phi) is 4.15. The summed E-state index contributed by atoms with van der Waals surface area (Å²) in [4.78, 5) is 16.6. The van der Waals surface area contributed by atoms with E-state index in [4.69, 9.17) is 0 Å². The molecule has 0 unspecified atom stereocenters. The van der Waals surface area contributed by atoms with Crippen LogP contribution in [-0.4, -0.2) is 47.3 Å². The number of rotatable bonds is 3. The van der Waals surface area contributed by atoms with Crippen LogP contribution in [0.3, 0.4) is 0 Å². The Morgan fingerprint density at radius 1 is 1.04 bits per heavy atom. The molecule has 1 aromatic carbocycles. The van der Waals surface area contributed by atoms with Crippen molar-refractivity contribution in [3.8, 4) is 0 Å². The maximum atomic E-state index is 12.5. The van der Waals surface area contributed by atoms with Gasteiger partial charge in [0, 0.05) is 11.7 Å². The van der Waals surface area contributed by atoms with Gasteiger partial charge in [-0.15, -0.1) is 5.10 Å². The van der Waals surface area contributed by atoms with Crippen molar-refractivity contribution in [2.24, 2.45) is 0 Å². The lowest BCUT2D eigenvalue weighted by atomic mass is 9.69. The number of aromatic nitrogens is 2. The summed E-state index contributed by atoms with van der Waals surface area (Å²) in [6.45, 7) is 0.656. The maximum absolute atomic E-state index is 12.5. The van der Waals surface area contributed by atoms with Crippen molar-refractivity contribution >= 4 is 11.8 Å². The monoisotopic (exact) mass is 351 g/mol. The van der Waals surface area contributed by atoms with Gasteiger partial charge in [-0.25, -0.2) is 4.79 Å².